The van der Waals surface area contributed by atoms with E-state index in [0.29, 0.717) is 38.5 Å². The van der Waals surface area contributed by atoms with Crippen molar-refractivity contribution in [2.75, 3.05) is 52.4 Å². The number of rotatable bonds is 90. The molecule has 0 aromatic rings. The number of esters is 4. The quantitative estimate of drug-likeness (QED) is 0.0336. The molecule has 0 bridgehead atoms. The third-order valence-corrected chi connectivity index (χ3v) is 25.8. The van der Waals surface area contributed by atoms with Gasteiger partial charge in [-0.15, -0.1) is 0 Å². The first-order chi connectivity index (χ1) is 57.0. The standard InChI is InChI=1S/C104H202N4O10/c1-16-24-30-36-42-44-51-59-73-93(22-7)116-99(112)103(12,13)81-65-69-87-107(85-67-55-46-53-63-77-98(111)115-91(9)92(71-57-47-38-32-26-18-3)72-58-48-39-33-27-19-4)89-83-105-96(109)78-79-97(110)106-84-90-108(88-70-66-82-104(14,15)100(113)117-94(23-8)74-60-52-45-43-37-31-25-17-2)86-68-56-54-64-80-102(10,11)101(114)118-95(75-61-49-40-34-28-20-5)76-62-50-41-35-29-21-6/h91-95H,16-90H2,1-15H3,(H,105,109)(H,106,110)/t91?,93-,94-/m1/s1. The smallest absolute Gasteiger partial charge is 0.311 e. The van der Waals surface area contributed by atoms with Crippen molar-refractivity contribution in [1.82, 2.24) is 20.4 Å². The third kappa shape index (κ3) is 68.1. The van der Waals surface area contributed by atoms with E-state index in [4.69, 9.17) is 18.9 Å². The molecular formula is C104H202N4O10. The summed E-state index contributed by atoms with van der Waals surface area (Å²) in [5, 5.41) is 6.30. The van der Waals surface area contributed by atoms with Crippen molar-refractivity contribution in [1.29, 1.82) is 0 Å². The van der Waals surface area contributed by atoms with E-state index in [2.05, 4.69) is 96.6 Å². The zero-order chi connectivity index (χ0) is 87.3. The molecule has 0 fully saturated rings. The van der Waals surface area contributed by atoms with Crippen LogP contribution in [-0.4, -0.2) is 122 Å². The van der Waals surface area contributed by atoms with Gasteiger partial charge in [0.1, 0.15) is 24.4 Å². The molecule has 118 heavy (non-hydrogen) atoms. The van der Waals surface area contributed by atoms with Crippen molar-refractivity contribution in [2.24, 2.45) is 22.2 Å². The summed E-state index contributed by atoms with van der Waals surface area (Å²) in [6.45, 7) is 38.2. The lowest BCUT2D eigenvalue weighted by Gasteiger charge is -2.27. The molecule has 0 spiro atoms. The molecule has 0 aliphatic heterocycles. The molecule has 0 aromatic carbocycles. The fourth-order valence-corrected chi connectivity index (χ4v) is 16.8. The van der Waals surface area contributed by atoms with Gasteiger partial charge in [-0.05, 0) is 209 Å². The van der Waals surface area contributed by atoms with E-state index >= 15 is 0 Å². The van der Waals surface area contributed by atoms with Crippen LogP contribution in [0.25, 0.3) is 0 Å². The predicted octanol–water partition coefficient (Wildman–Crippen LogP) is 29.5. The number of hydrogen-bond donors (Lipinski definition) is 2. The van der Waals surface area contributed by atoms with E-state index in [1.165, 1.54) is 231 Å². The molecule has 0 saturated carbocycles. The average molecular weight is 1670 g/mol. The topological polar surface area (TPSA) is 170 Å². The van der Waals surface area contributed by atoms with Crippen LogP contribution in [-0.2, 0) is 47.7 Å². The zero-order valence-electron chi connectivity index (χ0n) is 81.4. The molecule has 0 saturated heterocycles. The molecule has 0 radical (unpaired) electrons. The van der Waals surface area contributed by atoms with Gasteiger partial charge in [0.05, 0.1) is 16.2 Å². The Morgan fingerprint density at radius 3 is 0.805 bits per heavy atom. The molecule has 2 amide bonds. The van der Waals surface area contributed by atoms with Gasteiger partial charge in [0, 0.05) is 45.4 Å². The van der Waals surface area contributed by atoms with E-state index in [0.717, 1.165) is 206 Å². The summed E-state index contributed by atoms with van der Waals surface area (Å²) in [6, 6.07) is 0. The molecule has 14 nitrogen and oxygen atoms in total. The Bertz CT molecular complexity index is 2280. The number of ether oxygens (including phenoxy) is 4. The van der Waals surface area contributed by atoms with Crippen molar-refractivity contribution in [3.63, 3.8) is 0 Å². The van der Waals surface area contributed by atoms with Gasteiger partial charge in [-0.25, -0.2) is 0 Å². The van der Waals surface area contributed by atoms with Crippen molar-refractivity contribution in [3.05, 3.63) is 0 Å². The van der Waals surface area contributed by atoms with Crippen molar-refractivity contribution in [3.8, 4) is 0 Å². The summed E-state index contributed by atoms with van der Waals surface area (Å²) in [6.07, 6.45) is 73.9. The van der Waals surface area contributed by atoms with E-state index < -0.39 is 16.2 Å². The fraction of sp³-hybridized carbons (Fsp3) is 0.942. The molecule has 0 rings (SSSR count). The Morgan fingerprint density at radius 1 is 0.263 bits per heavy atom. The van der Waals surface area contributed by atoms with Gasteiger partial charge in [0.25, 0.3) is 0 Å². The minimum absolute atomic E-state index is 0.0114. The highest BCUT2D eigenvalue weighted by Gasteiger charge is 2.34. The first kappa shape index (κ1) is 115. The number of carbonyl (C=O) groups is 6. The largest absolute Gasteiger partial charge is 0.462 e. The van der Waals surface area contributed by atoms with E-state index in [1.54, 1.807) is 0 Å². The third-order valence-electron chi connectivity index (χ3n) is 25.8. The number of amides is 2. The second kappa shape index (κ2) is 79.6. The van der Waals surface area contributed by atoms with Crippen LogP contribution < -0.4 is 10.6 Å². The highest BCUT2D eigenvalue weighted by atomic mass is 16.6. The van der Waals surface area contributed by atoms with Crippen LogP contribution in [0.5, 0.6) is 0 Å². The normalized spacial score (nSPS) is 12.9. The lowest BCUT2D eigenvalue weighted by Crippen LogP contribution is -2.38. The Kier molecular flexibility index (Phi) is 77.4. The Morgan fingerprint density at radius 2 is 0.500 bits per heavy atom. The van der Waals surface area contributed by atoms with Gasteiger partial charge in [-0.1, -0.05) is 338 Å². The fourth-order valence-electron chi connectivity index (χ4n) is 16.8. The zero-order valence-corrected chi connectivity index (χ0v) is 81.4. The van der Waals surface area contributed by atoms with Gasteiger partial charge < -0.3 is 39.4 Å². The van der Waals surface area contributed by atoms with Gasteiger partial charge in [0.15, 0.2) is 0 Å². The molecule has 0 aliphatic carbocycles. The van der Waals surface area contributed by atoms with Gasteiger partial charge in [-0.2, -0.15) is 0 Å². The van der Waals surface area contributed by atoms with Gasteiger partial charge >= 0.3 is 23.9 Å². The second-order valence-corrected chi connectivity index (χ2v) is 38.7. The van der Waals surface area contributed by atoms with Crippen LogP contribution in [0, 0.1) is 22.2 Å². The summed E-state index contributed by atoms with van der Waals surface area (Å²) < 4.78 is 24.9. The van der Waals surface area contributed by atoms with Crippen molar-refractivity contribution >= 4 is 35.7 Å². The minimum atomic E-state index is -0.577. The number of nitrogens with zero attached hydrogens (tertiary/aromatic N) is 2. The summed E-state index contributed by atoms with van der Waals surface area (Å²) in [5.41, 5.74) is -1.69. The Labute approximate surface area is 732 Å². The summed E-state index contributed by atoms with van der Waals surface area (Å²) in [5.74, 6) is -0.0705. The predicted molar refractivity (Wildman–Crippen MR) is 504 cm³/mol. The number of nitrogens with one attached hydrogen (secondary N) is 2. The maximum Gasteiger partial charge on any atom is 0.311 e. The first-order valence-electron chi connectivity index (χ1n) is 51.8. The average Bonchev–Trinajstić information content (AvgIpc) is 0.872. The number of carbonyl (C=O) groups excluding carboxylic acids is 6. The van der Waals surface area contributed by atoms with Crippen LogP contribution >= 0.6 is 0 Å². The molecular weight excluding hydrogens is 1470 g/mol. The number of unbranched alkanes of at least 4 members (excludes halogenated alkanes) is 43. The number of hydrogen-bond acceptors (Lipinski definition) is 12. The molecule has 0 heterocycles. The van der Waals surface area contributed by atoms with E-state index in [1.807, 2.05) is 27.7 Å². The molecule has 1 unspecified atom stereocenters. The first-order valence-corrected chi connectivity index (χ1v) is 51.8. The minimum Gasteiger partial charge on any atom is -0.462 e. The lowest BCUT2D eigenvalue weighted by atomic mass is 9.86. The van der Waals surface area contributed by atoms with E-state index in [9.17, 15) is 28.8 Å². The molecule has 0 aliphatic rings. The Hall–Kier alpha value is -3.26. The van der Waals surface area contributed by atoms with Gasteiger partial charge in [0.2, 0.25) is 11.8 Å². The summed E-state index contributed by atoms with van der Waals surface area (Å²) >= 11 is 0. The van der Waals surface area contributed by atoms with Crippen LogP contribution in [0.3, 0.4) is 0 Å². The highest BCUT2D eigenvalue weighted by Crippen LogP contribution is 2.32. The van der Waals surface area contributed by atoms with Crippen LogP contribution in [0.2, 0.25) is 0 Å². The van der Waals surface area contributed by atoms with Crippen LogP contribution in [0.4, 0.5) is 0 Å². The van der Waals surface area contributed by atoms with Crippen LogP contribution in [0.1, 0.15) is 534 Å². The summed E-state index contributed by atoms with van der Waals surface area (Å²) in [7, 11) is 0. The SMILES string of the molecule is CCCCCCCCCC[C@@H](CC)OC(=O)C(C)(C)CCCCN(CCCCCCCC(=O)OC(C)C(CCCCCCCC)CCCCCCCC)CCNC(=O)CCC(=O)NCCN(CCCCCCC(C)(C)C(=O)OC(CCCCCCCC)CCCCCCCC)CCCCC(C)(C)C(=O)O[C@H](CC)CCCCCCCCCC. The molecule has 2 N–H and O–H groups in total. The molecule has 3 atom stereocenters. The molecule has 14 heteroatoms. The summed E-state index contributed by atoms with van der Waals surface area (Å²) in [4.78, 5) is 86.4. The van der Waals surface area contributed by atoms with E-state index in [-0.39, 0.29) is 72.9 Å². The monoisotopic (exact) mass is 1670 g/mol. The molecule has 698 valence electrons. The lowest BCUT2D eigenvalue weighted by molar-refractivity contribution is -0.161. The van der Waals surface area contributed by atoms with Crippen molar-refractivity contribution in [2.45, 2.75) is 558 Å². The maximum absolute atomic E-state index is 13.9. The second-order valence-electron chi connectivity index (χ2n) is 38.7. The maximum atomic E-state index is 13.9. The highest BCUT2D eigenvalue weighted by molar-refractivity contribution is 5.83. The Balaban J connectivity index is 5.94. The van der Waals surface area contributed by atoms with Crippen molar-refractivity contribution < 1.29 is 47.7 Å². The molecule has 0 aromatic heterocycles. The van der Waals surface area contributed by atoms with Gasteiger partial charge in [-0.3, -0.25) is 28.8 Å². The van der Waals surface area contributed by atoms with Crippen LogP contribution in [0.15, 0.2) is 0 Å².